The molecule has 1 amide bonds. The number of nitrogens with two attached hydrogens (primary N) is 1. The van der Waals surface area contributed by atoms with Crippen LogP contribution in [0.3, 0.4) is 0 Å². The van der Waals surface area contributed by atoms with Gasteiger partial charge in [-0.05, 0) is 18.6 Å². The van der Waals surface area contributed by atoms with Crippen LogP contribution in [0, 0.1) is 6.92 Å². The first-order chi connectivity index (χ1) is 10.1. The number of carbonyl (C=O) groups is 1. The van der Waals surface area contributed by atoms with Crippen LogP contribution >= 0.6 is 0 Å². The van der Waals surface area contributed by atoms with Gasteiger partial charge < -0.3 is 21.1 Å². The third-order valence-electron chi connectivity index (χ3n) is 3.46. The minimum absolute atomic E-state index is 0.115. The highest BCUT2D eigenvalue weighted by Crippen LogP contribution is 2.32. The summed E-state index contributed by atoms with van der Waals surface area (Å²) in [6, 6.07) is 3.66. The van der Waals surface area contributed by atoms with Crippen LogP contribution in [0.5, 0.6) is 5.75 Å². The zero-order valence-corrected chi connectivity index (χ0v) is 11.7. The average Bonchev–Trinajstić information content (AvgIpc) is 2.85. The number of nitrogens with zero attached hydrogens (tertiary/aromatic N) is 2. The molecule has 108 valence electrons. The Morgan fingerprint density at radius 1 is 1.38 bits per heavy atom. The lowest BCUT2D eigenvalue weighted by molar-refractivity contribution is 0.0963. The van der Waals surface area contributed by atoms with Crippen LogP contribution in [0.25, 0.3) is 0 Å². The zero-order chi connectivity index (χ0) is 15.0. The van der Waals surface area contributed by atoms with Crippen molar-refractivity contribution in [1.29, 1.82) is 0 Å². The summed E-state index contributed by atoms with van der Waals surface area (Å²) < 4.78 is 5.30. The predicted molar refractivity (Wildman–Crippen MR) is 78.6 cm³/mol. The second kappa shape index (κ2) is 4.93. The van der Waals surface area contributed by atoms with Crippen molar-refractivity contribution >= 4 is 23.2 Å². The summed E-state index contributed by atoms with van der Waals surface area (Å²) in [5.41, 5.74) is 8.79. The summed E-state index contributed by atoms with van der Waals surface area (Å²) in [5, 5.41) is 5.96. The van der Waals surface area contributed by atoms with Crippen molar-refractivity contribution in [2.24, 2.45) is 0 Å². The highest BCUT2D eigenvalue weighted by Gasteiger charge is 2.24. The van der Waals surface area contributed by atoms with Crippen molar-refractivity contribution in [1.82, 2.24) is 15.3 Å². The summed E-state index contributed by atoms with van der Waals surface area (Å²) in [5.74, 6) is 1.47. The lowest BCUT2D eigenvalue weighted by atomic mass is 10.1. The predicted octanol–water partition coefficient (Wildman–Crippen LogP) is 1.36. The molecule has 1 aliphatic heterocycles. The maximum Gasteiger partial charge on any atom is 0.255 e. The topological polar surface area (TPSA) is 102 Å². The molecule has 1 aromatic carbocycles. The number of aromatic nitrogens is 2. The van der Waals surface area contributed by atoms with E-state index < -0.39 is 0 Å². The van der Waals surface area contributed by atoms with Crippen LogP contribution in [-0.4, -0.2) is 23.0 Å². The number of benzene rings is 1. The molecule has 3 rings (SSSR count). The van der Waals surface area contributed by atoms with E-state index in [1.54, 1.807) is 13.2 Å². The van der Waals surface area contributed by atoms with Crippen molar-refractivity contribution < 1.29 is 9.53 Å². The Kier molecular flexibility index (Phi) is 3.09. The van der Waals surface area contributed by atoms with Gasteiger partial charge in [0.1, 0.15) is 23.7 Å². The highest BCUT2D eigenvalue weighted by atomic mass is 16.5. The number of nitrogens with one attached hydrogen (secondary N) is 2. The third-order valence-corrected chi connectivity index (χ3v) is 3.46. The molecule has 0 atom stereocenters. The standard InChI is InChI=1S/C14H15N5O2/c1-7-12(15)17-6-18-13(7)19-9-3-8-5-16-14(20)11(8)10(4-9)21-2/h3-4,6H,5H2,1-2H3,(H,16,20)(H3,15,17,18,19). The normalized spacial score (nSPS) is 12.8. The molecule has 2 aromatic rings. The summed E-state index contributed by atoms with van der Waals surface area (Å²) in [7, 11) is 1.54. The van der Waals surface area contributed by atoms with Gasteiger partial charge in [-0.25, -0.2) is 9.97 Å². The van der Waals surface area contributed by atoms with Crippen molar-refractivity contribution in [3.05, 3.63) is 35.2 Å². The second-order valence-corrected chi connectivity index (χ2v) is 4.75. The molecule has 1 aliphatic rings. The van der Waals surface area contributed by atoms with Gasteiger partial charge in [-0.2, -0.15) is 0 Å². The van der Waals surface area contributed by atoms with Gasteiger partial charge in [-0.1, -0.05) is 0 Å². The Hall–Kier alpha value is -2.83. The van der Waals surface area contributed by atoms with E-state index in [2.05, 4.69) is 20.6 Å². The monoisotopic (exact) mass is 285 g/mol. The molecule has 7 heteroatoms. The van der Waals surface area contributed by atoms with Crippen molar-refractivity contribution in [2.75, 3.05) is 18.2 Å². The Labute approximate surface area is 121 Å². The first-order valence-corrected chi connectivity index (χ1v) is 6.43. The smallest absolute Gasteiger partial charge is 0.255 e. The molecule has 0 saturated heterocycles. The van der Waals surface area contributed by atoms with E-state index in [1.807, 2.05) is 13.0 Å². The number of carbonyl (C=O) groups excluding carboxylic acids is 1. The maximum atomic E-state index is 11.8. The first kappa shape index (κ1) is 13.2. The van der Waals surface area contributed by atoms with Crippen LogP contribution in [0.15, 0.2) is 18.5 Å². The number of nitrogen functional groups attached to an aromatic ring is 1. The van der Waals surface area contributed by atoms with Crippen molar-refractivity contribution in [3.63, 3.8) is 0 Å². The average molecular weight is 285 g/mol. The maximum absolute atomic E-state index is 11.8. The molecule has 1 aromatic heterocycles. The lowest BCUT2D eigenvalue weighted by Crippen LogP contribution is -2.13. The fourth-order valence-corrected chi connectivity index (χ4v) is 2.29. The number of rotatable bonds is 3. The van der Waals surface area contributed by atoms with E-state index in [0.29, 0.717) is 29.5 Å². The van der Waals surface area contributed by atoms with Crippen LogP contribution in [0.4, 0.5) is 17.3 Å². The SMILES string of the molecule is COc1cc(Nc2ncnc(N)c2C)cc2c1C(=O)NC2. The second-order valence-electron chi connectivity index (χ2n) is 4.75. The van der Waals surface area contributed by atoms with Gasteiger partial charge in [-0.15, -0.1) is 0 Å². The molecule has 0 bridgehead atoms. The number of ether oxygens (including phenoxy) is 1. The summed E-state index contributed by atoms with van der Waals surface area (Å²) >= 11 is 0. The van der Waals surface area contributed by atoms with Gasteiger partial charge in [-0.3, -0.25) is 4.79 Å². The summed E-state index contributed by atoms with van der Waals surface area (Å²) in [6.07, 6.45) is 1.40. The number of fused-ring (bicyclic) bond motifs is 1. The quantitative estimate of drug-likeness (QED) is 0.787. The lowest BCUT2D eigenvalue weighted by Gasteiger charge is -2.12. The summed E-state index contributed by atoms with van der Waals surface area (Å²) in [4.78, 5) is 19.9. The van der Waals surface area contributed by atoms with E-state index in [9.17, 15) is 4.79 Å². The number of hydrogen-bond acceptors (Lipinski definition) is 6. The zero-order valence-electron chi connectivity index (χ0n) is 11.7. The van der Waals surface area contributed by atoms with Crippen LogP contribution in [0.1, 0.15) is 21.5 Å². The van der Waals surface area contributed by atoms with Gasteiger partial charge >= 0.3 is 0 Å². The fourth-order valence-electron chi connectivity index (χ4n) is 2.29. The van der Waals surface area contributed by atoms with Gasteiger partial charge in [0.2, 0.25) is 0 Å². The van der Waals surface area contributed by atoms with Gasteiger partial charge in [0.25, 0.3) is 5.91 Å². The molecule has 0 saturated carbocycles. The molecule has 0 spiro atoms. The van der Waals surface area contributed by atoms with Crippen molar-refractivity contribution in [3.8, 4) is 5.75 Å². The molecule has 2 heterocycles. The van der Waals surface area contributed by atoms with Crippen molar-refractivity contribution in [2.45, 2.75) is 13.5 Å². The molecule has 0 fully saturated rings. The molecule has 7 nitrogen and oxygen atoms in total. The van der Waals surface area contributed by atoms with E-state index in [4.69, 9.17) is 10.5 Å². The molecule has 4 N–H and O–H groups in total. The molecule has 0 radical (unpaired) electrons. The Balaban J connectivity index is 2.01. The van der Waals surface area contributed by atoms with Gasteiger partial charge in [0.15, 0.2) is 0 Å². The largest absolute Gasteiger partial charge is 0.496 e. The number of amides is 1. The Morgan fingerprint density at radius 3 is 2.95 bits per heavy atom. The third kappa shape index (κ3) is 2.22. The minimum Gasteiger partial charge on any atom is -0.496 e. The Bertz CT molecular complexity index is 730. The van der Waals surface area contributed by atoms with E-state index in [-0.39, 0.29) is 5.91 Å². The number of hydrogen-bond donors (Lipinski definition) is 3. The molecule has 21 heavy (non-hydrogen) atoms. The minimum atomic E-state index is -0.115. The van der Waals surface area contributed by atoms with Gasteiger partial charge in [0.05, 0.1) is 12.7 Å². The van der Waals surface area contributed by atoms with Crippen LogP contribution < -0.4 is 21.1 Å². The van der Waals surface area contributed by atoms with Crippen LogP contribution in [-0.2, 0) is 6.54 Å². The fraction of sp³-hybridized carbons (Fsp3) is 0.214. The van der Waals surface area contributed by atoms with E-state index >= 15 is 0 Å². The number of anilines is 3. The molecule has 0 aliphatic carbocycles. The van der Waals surface area contributed by atoms with Crippen LogP contribution in [0.2, 0.25) is 0 Å². The molecular formula is C14H15N5O2. The van der Waals surface area contributed by atoms with E-state index in [0.717, 1.165) is 16.8 Å². The van der Waals surface area contributed by atoms with Gasteiger partial charge in [0, 0.05) is 23.9 Å². The molecular weight excluding hydrogens is 270 g/mol. The first-order valence-electron chi connectivity index (χ1n) is 6.43. The highest BCUT2D eigenvalue weighted by molar-refractivity contribution is 6.01. The molecule has 0 unspecified atom stereocenters. The number of methoxy groups -OCH3 is 1. The van der Waals surface area contributed by atoms with E-state index in [1.165, 1.54) is 6.33 Å². The summed E-state index contributed by atoms with van der Waals surface area (Å²) in [6.45, 7) is 2.33. The Morgan fingerprint density at radius 2 is 2.19 bits per heavy atom.